The van der Waals surface area contributed by atoms with Crippen molar-refractivity contribution in [3.8, 4) is 11.5 Å². The van der Waals surface area contributed by atoms with Gasteiger partial charge < -0.3 is 19.3 Å². The summed E-state index contributed by atoms with van der Waals surface area (Å²) in [6.45, 7) is 2.44. The van der Waals surface area contributed by atoms with E-state index in [9.17, 15) is 0 Å². The van der Waals surface area contributed by atoms with Gasteiger partial charge in [0, 0.05) is 12.5 Å². The molecule has 1 N–H and O–H groups in total. The number of hydrogen-bond donors (Lipinski definition) is 1. The molecule has 0 radical (unpaired) electrons. The summed E-state index contributed by atoms with van der Waals surface area (Å²) < 4.78 is 16.7. The third-order valence-corrected chi connectivity index (χ3v) is 3.25. The van der Waals surface area contributed by atoms with Gasteiger partial charge in [0.2, 0.25) is 6.10 Å². The Morgan fingerprint density at radius 2 is 2.10 bits per heavy atom. The van der Waals surface area contributed by atoms with Crippen LogP contribution in [0.4, 0.5) is 0 Å². The monoisotopic (exact) mass is 311 g/mol. The molecule has 7 heteroatoms. The number of halogens is 1. The highest BCUT2D eigenvalue weighted by atomic mass is 35.5. The Morgan fingerprint density at radius 1 is 1.33 bits per heavy atom. The third-order valence-electron chi connectivity index (χ3n) is 3.25. The van der Waals surface area contributed by atoms with Crippen molar-refractivity contribution in [3.63, 3.8) is 0 Å². The van der Waals surface area contributed by atoms with E-state index in [4.69, 9.17) is 14.0 Å². The summed E-state index contributed by atoms with van der Waals surface area (Å²) in [4.78, 5) is 4.37. The smallest absolute Gasteiger partial charge is 0.271 e. The minimum atomic E-state index is -0.351. The van der Waals surface area contributed by atoms with Gasteiger partial charge in [0.1, 0.15) is 6.61 Å². The first-order valence-corrected chi connectivity index (χ1v) is 6.64. The predicted molar refractivity (Wildman–Crippen MR) is 79.1 cm³/mol. The fraction of sp³-hybridized carbons (Fsp3) is 0.429. The lowest BCUT2D eigenvalue weighted by molar-refractivity contribution is 0.0665. The molecule has 0 bridgehead atoms. The van der Waals surface area contributed by atoms with Crippen LogP contribution in [0.15, 0.2) is 28.8 Å². The van der Waals surface area contributed by atoms with Gasteiger partial charge in [-0.2, -0.15) is 4.98 Å². The van der Waals surface area contributed by atoms with E-state index in [1.165, 1.54) is 0 Å². The summed E-state index contributed by atoms with van der Waals surface area (Å²) in [7, 11) is 1.90. The van der Waals surface area contributed by atoms with Crippen LogP contribution in [0.2, 0.25) is 0 Å². The molecule has 0 fully saturated rings. The minimum absolute atomic E-state index is 0. The topological polar surface area (TPSA) is 69.4 Å². The van der Waals surface area contributed by atoms with Gasteiger partial charge in [-0.25, -0.2) is 0 Å². The zero-order chi connectivity index (χ0) is 13.9. The van der Waals surface area contributed by atoms with Crippen LogP contribution in [0.25, 0.3) is 0 Å². The molecule has 21 heavy (non-hydrogen) atoms. The van der Waals surface area contributed by atoms with Crippen LogP contribution in [-0.4, -0.2) is 29.8 Å². The van der Waals surface area contributed by atoms with E-state index >= 15 is 0 Å². The lowest BCUT2D eigenvalue weighted by Crippen LogP contribution is -2.24. The average Bonchev–Trinajstić information content (AvgIpc) is 2.95. The zero-order valence-corrected chi connectivity index (χ0v) is 12.7. The van der Waals surface area contributed by atoms with Crippen LogP contribution in [-0.2, 0) is 6.42 Å². The van der Waals surface area contributed by atoms with Crippen molar-refractivity contribution in [2.24, 2.45) is 0 Å². The predicted octanol–water partition coefficient (Wildman–Crippen LogP) is 2.15. The highest BCUT2D eigenvalue weighted by Crippen LogP contribution is 2.35. The number of benzene rings is 1. The molecular weight excluding hydrogens is 294 g/mol. The second-order valence-electron chi connectivity index (χ2n) is 4.81. The van der Waals surface area contributed by atoms with Crippen LogP contribution in [0, 0.1) is 0 Å². The molecule has 1 aromatic carbocycles. The molecule has 0 amide bonds. The van der Waals surface area contributed by atoms with Gasteiger partial charge in [0.15, 0.2) is 17.3 Å². The summed E-state index contributed by atoms with van der Waals surface area (Å²) in [5.41, 5.74) is 0. The standard InChI is InChI=1S/C14H17N3O3.ClH/c1-9(15-2)7-13-16-14(20-17-13)12-8-18-10-5-3-4-6-11(10)19-12;/h3-6,9,12,15H,7-8H2,1-2H3;1H. The van der Waals surface area contributed by atoms with Crippen molar-refractivity contribution in [2.45, 2.75) is 25.5 Å². The van der Waals surface area contributed by atoms with Gasteiger partial charge in [-0.3, -0.25) is 0 Å². The molecular formula is C14H18ClN3O3. The van der Waals surface area contributed by atoms with Crippen molar-refractivity contribution in [1.29, 1.82) is 0 Å². The molecule has 1 aliphatic rings. The van der Waals surface area contributed by atoms with Crippen molar-refractivity contribution in [3.05, 3.63) is 36.0 Å². The van der Waals surface area contributed by atoms with Gasteiger partial charge >= 0.3 is 0 Å². The van der Waals surface area contributed by atoms with Gasteiger partial charge in [0.05, 0.1) is 0 Å². The van der Waals surface area contributed by atoms with Crippen LogP contribution >= 0.6 is 12.4 Å². The Labute approximate surface area is 129 Å². The molecule has 0 aliphatic carbocycles. The summed E-state index contributed by atoms with van der Waals surface area (Å²) in [5, 5.41) is 7.11. The van der Waals surface area contributed by atoms with E-state index in [0.717, 1.165) is 5.75 Å². The summed E-state index contributed by atoms with van der Waals surface area (Å²) in [6, 6.07) is 7.84. The number of aromatic nitrogens is 2. The number of likely N-dealkylation sites (N-methyl/N-ethyl adjacent to an activating group) is 1. The Balaban J connectivity index is 0.00000161. The van der Waals surface area contributed by atoms with Crippen molar-refractivity contribution >= 4 is 12.4 Å². The number of fused-ring (bicyclic) bond motifs is 1. The molecule has 1 aliphatic heterocycles. The summed E-state index contributed by atoms with van der Waals surface area (Å²) >= 11 is 0. The van der Waals surface area contributed by atoms with E-state index in [1.807, 2.05) is 31.3 Å². The maximum Gasteiger partial charge on any atom is 0.271 e. The maximum atomic E-state index is 5.83. The zero-order valence-electron chi connectivity index (χ0n) is 11.9. The SMILES string of the molecule is CNC(C)Cc1noc(C2COc3ccccc3O2)n1.Cl. The van der Waals surface area contributed by atoms with E-state index in [0.29, 0.717) is 36.5 Å². The number of ether oxygens (including phenoxy) is 2. The van der Waals surface area contributed by atoms with Crippen molar-refractivity contribution in [2.75, 3.05) is 13.7 Å². The Morgan fingerprint density at radius 3 is 2.86 bits per heavy atom. The summed E-state index contributed by atoms with van der Waals surface area (Å²) in [5.74, 6) is 2.57. The number of hydrogen-bond acceptors (Lipinski definition) is 6. The van der Waals surface area contributed by atoms with E-state index < -0.39 is 0 Å². The molecule has 6 nitrogen and oxygen atoms in total. The Bertz CT molecular complexity index is 590. The molecule has 2 unspecified atom stereocenters. The summed E-state index contributed by atoms with van der Waals surface area (Å²) in [6.07, 6.45) is 0.362. The van der Waals surface area contributed by atoms with Crippen LogP contribution < -0.4 is 14.8 Å². The third kappa shape index (κ3) is 3.46. The number of rotatable bonds is 4. The maximum absolute atomic E-state index is 5.83. The second-order valence-corrected chi connectivity index (χ2v) is 4.81. The number of para-hydroxylation sites is 2. The fourth-order valence-electron chi connectivity index (χ4n) is 2.00. The number of nitrogens with zero attached hydrogens (tertiary/aromatic N) is 2. The van der Waals surface area contributed by atoms with Crippen LogP contribution in [0.5, 0.6) is 11.5 Å². The first-order chi connectivity index (χ1) is 9.76. The molecule has 3 rings (SSSR count). The lowest BCUT2D eigenvalue weighted by Gasteiger charge is -2.23. The molecule has 2 heterocycles. The highest BCUT2D eigenvalue weighted by Gasteiger charge is 2.27. The van der Waals surface area contributed by atoms with E-state index in [-0.39, 0.29) is 18.5 Å². The quantitative estimate of drug-likeness (QED) is 0.933. The van der Waals surface area contributed by atoms with Gasteiger partial charge in [-0.15, -0.1) is 12.4 Å². The largest absolute Gasteiger partial charge is 0.485 e. The molecule has 2 atom stereocenters. The molecule has 0 saturated carbocycles. The lowest BCUT2D eigenvalue weighted by atomic mass is 10.2. The van der Waals surface area contributed by atoms with Crippen LogP contribution in [0.1, 0.15) is 24.7 Å². The fourth-order valence-corrected chi connectivity index (χ4v) is 2.00. The highest BCUT2D eigenvalue weighted by molar-refractivity contribution is 5.85. The molecule has 1 aromatic heterocycles. The van der Waals surface area contributed by atoms with Gasteiger partial charge in [0.25, 0.3) is 5.89 Å². The van der Waals surface area contributed by atoms with Crippen LogP contribution in [0.3, 0.4) is 0 Å². The van der Waals surface area contributed by atoms with E-state index in [2.05, 4.69) is 22.4 Å². The van der Waals surface area contributed by atoms with Gasteiger partial charge in [-0.1, -0.05) is 17.3 Å². The van der Waals surface area contributed by atoms with Crippen molar-refractivity contribution < 1.29 is 14.0 Å². The molecule has 2 aromatic rings. The number of nitrogens with one attached hydrogen (secondary N) is 1. The first-order valence-electron chi connectivity index (χ1n) is 6.64. The normalized spacial score (nSPS) is 17.9. The van der Waals surface area contributed by atoms with Gasteiger partial charge in [-0.05, 0) is 26.1 Å². The Hall–Kier alpha value is -1.79. The first kappa shape index (κ1) is 15.6. The Kier molecular flexibility index (Phi) is 5.03. The molecule has 0 saturated heterocycles. The van der Waals surface area contributed by atoms with E-state index in [1.54, 1.807) is 0 Å². The second kappa shape index (κ2) is 6.78. The minimum Gasteiger partial charge on any atom is -0.485 e. The average molecular weight is 312 g/mol. The molecule has 0 spiro atoms. The van der Waals surface area contributed by atoms with Crippen molar-refractivity contribution in [1.82, 2.24) is 15.5 Å². The molecule has 114 valence electrons.